The first-order valence-electron chi connectivity index (χ1n) is 9.32. The first-order valence-corrected chi connectivity index (χ1v) is 10.1. The van der Waals surface area contributed by atoms with Gasteiger partial charge >= 0.3 is 6.18 Å². The molecule has 1 fully saturated rings. The number of rotatable bonds is 4. The summed E-state index contributed by atoms with van der Waals surface area (Å²) in [6.07, 6.45) is -6.66. The van der Waals surface area contributed by atoms with E-state index < -0.39 is 77.4 Å². The molecule has 32 heavy (non-hydrogen) atoms. The van der Waals surface area contributed by atoms with Crippen molar-refractivity contribution in [2.45, 2.75) is 49.4 Å². The van der Waals surface area contributed by atoms with Crippen LogP contribution in [0.2, 0.25) is 10.0 Å². The summed E-state index contributed by atoms with van der Waals surface area (Å²) in [5.74, 6) is -5.33. The van der Waals surface area contributed by atoms with E-state index in [4.69, 9.17) is 23.2 Å². The summed E-state index contributed by atoms with van der Waals surface area (Å²) < 4.78 is 81.4. The maximum Gasteiger partial charge on any atom is 0.417 e. The van der Waals surface area contributed by atoms with E-state index in [1.165, 1.54) is 18.2 Å². The Morgan fingerprint density at radius 3 is 2.34 bits per heavy atom. The maximum absolute atomic E-state index is 14.7. The van der Waals surface area contributed by atoms with Crippen molar-refractivity contribution in [1.29, 1.82) is 0 Å². The van der Waals surface area contributed by atoms with Crippen LogP contribution in [0.3, 0.4) is 0 Å². The smallest absolute Gasteiger partial charge is 0.387 e. The lowest BCUT2D eigenvalue weighted by Gasteiger charge is -2.42. The van der Waals surface area contributed by atoms with E-state index in [0.717, 1.165) is 0 Å². The Hall–Kier alpha value is -2.04. The quantitative estimate of drug-likeness (QED) is 0.509. The second-order valence-corrected chi connectivity index (χ2v) is 8.31. The largest absolute Gasteiger partial charge is 0.417 e. The molecule has 1 aromatic carbocycles. The van der Waals surface area contributed by atoms with Crippen molar-refractivity contribution in [1.82, 2.24) is 10.3 Å². The number of carbonyl (C=O) groups is 1. The molecule has 1 aliphatic carbocycles. The normalized spacial score (nSPS) is 18.8. The molecule has 2 N–H and O–H groups in total. The highest BCUT2D eigenvalue weighted by molar-refractivity contribution is 6.34. The zero-order valence-electron chi connectivity index (χ0n) is 16.1. The summed E-state index contributed by atoms with van der Waals surface area (Å²) in [4.78, 5) is 16.4. The molecule has 3 rings (SSSR count). The van der Waals surface area contributed by atoms with Gasteiger partial charge in [-0.15, -0.1) is 0 Å². The molecule has 174 valence electrons. The van der Waals surface area contributed by atoms with Gasteiger partial charge in [-0.2, -0.15) is 13.2 Å². The summed E-state index contributed by atoms with van der Waals surface area (Å²) in [5, 5.41) is 12.0. The van der Waals surface area contributed by atoms with Gasteiger partial charge in [0.2, 0.25) is 5.92 Å². The molecule has 0 aliphatic heterocycles. The lowest BCUT2D eigenvalue weighted by Crippen LogP contribution is -2.50. The Morgan fingerprint density at radius 2 is 1.75 bits per heavy atom. The fourth-order valence-corrected chi connectivity index (χ4v) is 4.09. The van der Waals surface area contributed by atoms with E-state index in [1.54, 1.807) is 0 Å². The number of hydrogen-bond donors (Lipinski definition) is 2. The fraction of sp³-hybridized carbons (Fsp3) is 0.400. The second-order valence-electron chi connectivity index (χ2n) is 7.53. The average Bonchev–Trinajstić information content (AvgIpc) is 2.70. The molecule has 1 saturated carbocycles. The fourth-order valence-electron chi connectivity index (χ4n) is 3.60. The van der Waals surface area contributed by atoms with Crippen LogP contribution in [0.1, 0.15) is 53.3 Å². The Morgan fingerprint density at radius 1 is 1.12 bits per heavy atom. The van der Waals surface area contributed by atoms with Gasteiger partial charge in [-0.05, 0) is 25.0 Å². The molecule has 12 heteroatoms. The van der Waals surface area contributed by atoms with Crippen molar-refractivity contribution in [3.05, 3.63) is 63.1 Å². The van der Waals surface area contributed by atoms with Gasteiger partial charge in [-0.3, -0.25) is 4.79 Å². The number of pyridine rings is 1. The maximum atomic E-state index is 14.7. The zero-order valence-corrected chi connectivity index (χ0v) is 17.6. The highest BCUT2D eigenvalue weighted by Gasteiger charge is 2.48. The minimum Gasteiger partial charge on any atom is -0.387 e. The van der Waals surface area contributed by atoms with Crippen LogP contribution in [0, 0.1) is 5.82 Å². The first kappa shape index (κ1) is 24.6. The number of carbonyl (C=O) groups excluding carboxylic acids is 1. The SMILES string of the molecule is O=C(NC(c1cccc(Cl)c1F)C1(O)CCC(F)(F)CC1)c1nccc(C(F)(F)F)c1Cl. The van der Waals surface area contributed by atoms with Gasteiger partial charge in [0.25, 0.3) is 5.91 Å². The molecule has 2 aromatic rings. The third-order valence-corrected chi connectivity index (χ3v) is 6.04. The van der Waals surface area contributed by atoms with Crippen molar-refractivity contribution in [2.24, 2.45) is 0 Å². The summed E-state index contributed by atoms with van der Waals surface area (Å²) in [5.41, 5.74) is -4.49. The van der Waals surface area contributed by atoms with Gasteiger partial charge in [-0.25, -0.2) is 18.2 Å². The standard InChI is InChI=1S/C20H16Cl2F6N2O2/c21-12-3-1-2-10(14(12)23)16(18(32)5-7-19(24,25)8-6-18)30-17(31)15-13(22)11(4-9-29-15)20(26,27)28/h1-4,9,16,32H,5-8H2,(H,30,31). The van der Waals surface area contributed by atoms with Crippen molar-refractivity contribution in [2.75, 3.05) is 0 Å². The number of alkyl halides is 5. The third kappa shape index (κ3) is 4.97. The van der Waals surface area contributed by atoms with Crippen LogP contribution in [-0.4, -0.2) is 27.5 Å². The molecule has 1 amide bonds. The van der Waals surface area contributed by atoms with Crippen molar-refractivity contribution in [3.8, 4) is 0 Å². The van der Waals surface area contributed by atoms with Crippen molar-refractivity contribution < 1.29 is 36.2 Å². The van der Waals surface area contributed by atoms with Gasteiger partial charge in [-0.1, -0.05) is 35.3 Å². The molecule has 4 nitrogen and oxygen atoms in total. The molecule has 1 unspecified atom stereocenters. The zero-order chi connectivity index (χ0) is 23.9. The van der Waals surface area contributed by atoms with Crippen LogP contribution in [0.5, 0.6) is 0 Å². The molecular formula is C20H16Cl2F6N2O2. The van der Waals surface area contributed by atoms with E-state index in [-0.39, 0.29) is 10.6 Å². The van der Waals surface area contributed by atoms with E-state index >= 15 is 0 Å². The Labute approximate surface area is 188 Å². The van der Waals surface area contributed by atoms with E-state index in [0.29, 0.717) is 12.3 Å². The molecule has 1 aromatic heterocycles. The number of nitrogens with zero attached hydrogens (tertiary/aromatic N) is 1. The van der Waals surface area contributed by atoms with Crippen LogP contribution < -0.4 is 5.32 Å². The van der Waals surface area contributed by atoms with Gasteiger partial charge < -0.3 is 10.4 Å². The predicted octanol–water partition coefficient (Wildman–Crippen LogP) is 5.96. The third-order valence-electron chi connectivity index (χ3n) is 5.36. The minimum atomic E-state index is -4.87. The minimum absolute atomic E-state index is 0.318. The summed E-state index contributed by atoms with van der Waals surface area (Å²) in [7, 11) is 0. The van der Waals surface area contributed by atoms with Crippen LogP contribution >= 0.6 is 23.2 Å². The van der Waals surface area contributed by atoms with Gasteiger partial charge in [0.05, 0.1) is 27.3 Å². The molecule has 0 spiro atoms. The van der Waals surface area contributed by atoms with E-state index in [1.807, 2.05) is 0 Å². The van der Waals surface area contributed by atoms with E-state index in [9.17, 15) is 36.2 Å². The van der Waals surface area contributed by atoms with Crippen LogP contribution in [0.15, 0.2) is 30.5 Å². The van der Waals surface area contributed by atoms with Crippen LogP contribution in [-0.2, 0) is 6.18 Å². The van der Waals surface area contributed by atoms with Gasteiger partial charge in [0, 0.05) is 24.6 Å². The van der Waals surface area contributed by atoms with Crippen LogP contribution in [0.4, 0.5) is 26.3 Å². The van der Waals surface area contributed by atoms with Crippen molar-refractivity contribution >= 4 is 29.1 Å². The summed E-state index contributed by atoms with van der Waals surface area (Å²) in [6.45, 7) is 0. The van der Waals surface area contributed by atoms with E-state index in [2.05, 4.69) is 10.3 Å². The summed E-state index contributed by atoms with van der Waals surface area (Å²) in [6, 6.07) is 2.65. The molecule has 0 radical (unpaired) electrons. The number of nitrogens with one attached hydrogen (secondary N) is 1. The summed E-state index contributed by atoms with van der Waals surface area (Å²) >= 11 is 11.5. The lowest BCUT2D eigenvalue weighted by molar-refractivity contribution is -0.137. The number of amides is 1. The van der Waals surface area contributed by atoms with Gasteiger partial charge in [0.15, 0.2) is 0 Å². The molecular weight excluding hydrogens is 485 g/mol. The number of aromatic nitrogens is 1. The van der Waals surface area contributed by atoms with Crippen molar-refractivity contribution in [3.63, 3.8) is 0 Å². The highest BCUT2D eigenvalue weighted by Crippen LogP contribution is 2.45. The van der Waals surface area contributed by atoms with Crippen LogP contribution in [0.25, 0.3) is 0 Å². The molecule has 1 aliphatic rings. The Balaban J connectivity index is 2.02. The highest BCUT2D eigenvalue weighted by atomic mass is 35.5. The van der Waals surface area contributed by atoms with Gasteiger partial charge in [0.1, 0.15) is 11.5 Å². The lowest BCUT2D eigenvalue weighted by atomic mass is 9.75. The Bertz CT molecular complexity index is 1020. The molecule has 1 heterocycles. The molecule has 0 bridgehead atoms. The number of hydrogen-bond acceptors (Lipinski definition) is 3. The second kappa shape index (κ2) is 8.72. The number of halogens is 8. The average molecular weight is 501 g/mol. The topological polar surface area (TPSA) is 62.2 Å². The monoisotopic (exact) mass is 500 g/mol. The predicted molar refractivity (Wildman–Crippen MR) is 104 cm³/mol. The molecule has 0 saturated heterocycles. The first-order chi connectivity index (χ1) is 14.8. The number of benzene rings is 1. The Kier molecular flexibility index (Phi) is 6.70. The molecule has 1 atom stereocenters. The number of aliphatic hydroxyl groups is 1.